The van der Waals surface area contributed by atoms with Gasteiger partial charge in [0.05, 0.1) is 11.8 Å². The van der Waals surface area contributed by atoms with Crippen molar-refractivity contribution in [3.05, 3.63) is 46.1 Å². The number of hydrogen-bond acceptors (Lipinski definition) is 7. The lowest BCUT2D eigenvalue weighted by Crippen LogP contribution is -2.56. The van der Waals surface area contributed by atoms with Gasteiger partial charge in [-0.1, -0.05) is 50.5 Å². The first-order valence-electron chi connectivity index (χ1n) is 14.8. The molecule has 230 valence electrons. The van der Waals surface area contributed by atoms with Crippen molar-refractivity contribution in [3.8, 4) is 5.75 Å². The summed E-state index contributed by atoms with van der Waals surface area (Å²) in [6.07, 6.45) is 3.55. The first-order chi connectivity index (χ1) is 19.8. The van der Waals surface area contributed by atoms with Gasteiger partial charge in [-0.15, -0.1) is 0 Å². The second-order valence-corrected chi connectivity index (χ2v) is 13.7. The molecule has 4 rings (SSSR count). The van der Waals surface area contributed by atoms with Gasteiger partial charge < -0.3 is 29.2 Å². The minimum atomic E-state index is -0.768. The summed E-state index contributed by atoms with van der Waals surface area (Å²) in [6.45, 7) is 13.7. The van der Waals surface area contributed by atoms with Gasteiger partial charge in [0.25, 0.3) is 5.91 Å². The Hall–Kier alpha value is -2.92. The Morgan fingerprint density at radius 1 is 1.14 bits per heavy atom. The van der Waals surface area contributed by atoms with Crippen molar-refractivity contribution in [2.75, 3.05) is 39.8 Å². The molecule has 2 aliphatic heterocycles. The molecular formula is C31H44BrN5O5. The van der Waals surface area contributed by atoms with Crippen molar-refractivity contribution in [1.29, 1.82) is 0 Å². The molecule has 1 aromatic heterocycles. The minimum absolute atomic E-state index is 0.00771. The Bertz CT molecular complexity index is 1260. The smallest absolute Gasteiger partial charge is 0.255 e. The van der Waals surface area contributed by atoms with Gasteiger partial charge in [0.1, 0.15) is 23.6 Å². The number of nitrogens with one attached hydrogen (secondary N) is 1. The number of likely N-dealkylation sites (N-methyl/N-ethyl adjacent to an activating group) is 1. The zero-order valence-corrected chi connectivity index (χ0v) is 27.2. The number of rotatable bonds is 9. The third-order valence-corrected chi connectivity index (χ3v) is 8.27. The normalized spacial score (nSPS) is 18.8. The van der Waals surface area contributed by atoms with Gasteiger partial charge in [0.15, 0.2) is 6.61 Å². The summed E-state index contributed by atoms with van der Waals surface area (Å²) < 4.78 is 12.6. The molecule has 2 aliphatic rings. The van der Waals surface area contributed by atoms with E-state index in [1.807, 2.05) is 46.6 Å². The van der Waals surface area contributed by atoms with Crippen LogP contribution in [-0.4, -0.2) is 89.3 Å². The lowest BCUT2D eigenvalue weighted by Gasteiger charge is -2.36. The highest BCUT2D eigenvalue weighted by atomic mass is 79.9. The maximum atomic E-state index is 13.9. The molecule has 0 bridgehead atoms. The highest BCUT2D eigenvalue weighted by Crippen LogP contribution is 2.28. The first kappa shape index (κ1) is 32.0. The summed E-state index contributed by atoms with van der Waals surface area (Å²) in [6, 6.07) is 3.88. The number of halogens is 1. The van der Waals surface area contributed by atoms with E-state index in [1.165, 1.54) is 0 Å². The standard InChI is InChI=1S/C31H44BrN5O5/c1-20(2)16-23(29(39)37-11-7-8-24(37)30(40)36-14-12-35(6)13-15-36)34-28(38)22-10-9-21(32)17-25(22)41-19-27-33-18-26(42-27)31(3,4)5/h9-10,17-18,20,23-24H,7-8,11-16,19H2,1-6H3,(H,34,38)/t23-,24-/m1/s1. The molecule has 10 nitrogen and oxygen atoms in total. The van der Waals surface area contributed by atoms with Crippen LogP contribution < -0.4 is 10.1 Å². The summed E-state index contributed by atoms with van der Waals surface area (Å²) in [5.74, 6) is 1.03. The number of piperazine rings is 1. The highest BCUT2D eigenvalue weighted by Gasteiger charge is 2.40. The molecule has 11 heteroatoms. The van der Waals surface area contributed by atoms with Gasteiger partial charge in [0, 0.05) is 42.6 Å². The molecular weight excluding hydrogens is 602 g/mol. The fourth-order valence-electron chi connectivity index (χ4n) is 5.32. The van der Waals surface area contributed by atoms with E-state index in [1.54, 1.807) is 29.3 Å². The Labute approximate surface area is 257 Å². The van der Waals surface area contributed by atoms with E-state index >= 15 is 0 Å². The topological polar surface area (TPSA) is 108 Å². The molecule has 1 aromatic carbocycles. The SMILES string of the molecule is CC(C)C[C@@H](NC(=O)c1ccc(Br)cc1OCc1ncc(C(C)(C)C)o1)C(=O)N1CCC[C@@H]1C(=O)N1CCN(C)CC1. The molecule has 0 aliphatic carbocycles. The van der Waals surface area contributed by atoms with Crippen molar-refractivity contribution in [3.63, 3.8) is 0 Å². The molecule has 2 fully saturated rings. The van der Waals surface area contributed by atoms with E-state index in [-0.39, 0.29) is 29.8 Å². The Balaban J connectivity index is 1.48. The maximum Gasteiger partial charge on any atom is 0.255 e. The van der Waals surface area contributed by atoms with E-state index in [0.29, 0.717) is 49.7 Å². The predicted octanol–water partition coefficient (Wildman–Crippen LogP) is 4.22. The lowest BCUT2D eigenvalue weighted by molar-refractivity contribution is -0.145. The summed E-state index contributed by atoms with van der Waals surface area (Å²) >= 11 is 3.46. The number of carbonyl (C=O) groups excluding carboxylic acids is 3. The van der Waals surface area contributed by atoms with Crippen molar-refractivity contribution in [2.24, 2.45) is 5.92 Å². The Morgan fingerprint density at radius 2 is 1.86 bits per heavy atom. The first-order valence-corrected chi connectivity index (χ1v) is 15.6. The second kappa shape index (κ2) is 13.6. The van der Waals surface area contributed by atoms with Crippen LogP contribution in [0, 0.1) is 5.92 Å². The van der Waals surface area contributed by atoms with E-state index < -0.39 is 18.0 Å². The van der Waals surface area contributed by atoms with Crippen LogP contribution >= 0.6 is 15.9 Å². The average Bonchev–Trinajstić information content (AvgIpc) is 3.61. The number of nitrogens with zero attached hydrogens (tertiary/aromatic N) is 4. The van der Waals surface area contributed by atoms with Crippen LogP contribution in [0.15, 0.2) is 33.3 Å². The largest absolute Gasteiger partial charge is 0.483 e. The Kier molecular flexibility index (Phi) is 10.4. The van der Waals surface area contributed by atoms with E-state index in [4.69, 9.17) is 9.15 Å². The zero-order chi connectivity index (χ0) is 30.6. The van der Waals surface area contributed by atoms with E-state index in [2.05, 4.69) is 31.1 Å². The monoisotopic (exact) mass is 645 g/mol. The number of benzene rings is 1. The van der Waals surface area contributed by atoms with E-state index in [0.717, 1.165) is 29.7 Å². The van der Waals surface area contributed by atoms with Crippen LogP contribution in [0.25, 0.3) is 0 Å². The molecule has 0 saturated carbocycles. The van der Waals surface area contributed by atoms with Crippen molar-refractivity contribution < 1.29 is 23.5 Å². The third kappa shape index (κ3) is 7.92. The van der Waals surface area contributed by atoms with Crippen molar-refractivity contribution in [1.82, 2.24) is 25.0 Å². The van der Waals surface area contributed by atoms with Crippen LogP contribution in [0.3, 0.4) is 0 Å². The second-order valence-electron chi connectivity index (χ2n) is 12.8. The molecule has 2 aromatic rings. The number of ether oxygens (including phenoxy) is 1. The molecule has 0 spiro atoms. The number of likely N-dealkylation sites (tertiary alicyclic amines) is 1. The molecule has 3 heterocycles. The fourth-order valence-corrected chi connectivity index (χ4v) is 5.66. The van der Waals surface area contributed by atoms with Crippen LogP contribution in [0.5, 0.6) is 5.75 Å². The van der Waals surface area contributed by atoms with Gasteiger partial charge in [0.2, 0.25) is 17.7 Å². The number of carbonyl (C=O) groups is 3. The molecule has 3 amide bonds. The molecule has 2 atom stereocenters. The van der Waals surface area contributed by atoms with Gasteiger partial charge in [-0.25, -0.2) is 4.98 Å². The third-order valence-electron chi connectivity index (χ3n) is 7.78. The predicted molar refractivity (Wildman–Crippen MR) is 163 cm³/mol. The number of amides is 3. The molecule has 42 heavy (non-hydrogen) atoms. The molecule has 0 radical (unpaired) electrons. The lowest BCUT2D eigenvalue weighted by atomic mass is 9.94. The average molecular weight is 647 g/mol. The van der Waals surface area contributed by atoms with Gasteiger partial charge in [-0.2, -0.15) is 0 Å². The number of oxazole rings is 1. The molecule has 2 saturated heterocycles. The van der Waals surface area contributed by atoms with Crippen LogP contribution in [-0.2, 0) is 21.6 Å². The summed E-state index contributed by atoms with van der Waals surface area (Å²) in [5.41, 5.74) is 0.113. The number of hydrogen-bond donors (Lipinski definition) is 1. The van der Waals surface area contributed by atoms with Crippen LogP contribution in [0.2, 0.25) is 0 Å². The molecule has 1 N–H and O–H groups in total. The number of aromatic nitrogens is 1. The van der Waals surface area contributed by atoms with Gasteiger partial charge in [-0.05, 0) is 50.4 Å². The quantitative estimate of drug-likeness (QED) is 0.435. The van der Waals surface area contributed by atoms with Crippen LogP contribution in [0.4, 0.5) is 0 Å². The fraction of sp³-hybridized carbons (Fsp3) is 0.613. The van der Waals surface area contributed by atoms with Gasteiger partial charge >= 0.3 is 0 Å². The van der Waals surface area contributed by atoms with Crippen LogP contribution in [0.1, 0.15) is 75.9 Å². The zero-order valence-electron chi connectivity index (χ0n) is 25.6. The highest BCUT2D eigenvalue weighted by molar-refractivity contribution is 9.10. The summed E-state index contributed by atoms with van der Waals surface area (Å²) in [7, 11) is 2.05. The molecule has 0 unspecified atom stereocenters. The minimum Gasteiger partial charge on any atom is -0.483 e. The Morgan fingerprint density at radius 3 is 2.50 bits per heavy atom. The van der Waals surface area contributed by atoms with Gasteiger partial charge in [-0.3, -0.25) is 14.4 Å². The summed E-state index contributed by atoms with van der Waals surface area (Å²) in [4.78, 5) is 51.0. The van der Waals surface area contributed by atoms with Crippen molar-refractivity contribution >= 4 is 33.7 Å². The van der Waals surface area contributed by atoms with E-state index in [9.17, 15) is 14.4 Å². The summed E-state index contributed by atoms with van der Waals surface area (Å²) in [5, 5.41) is 2.97. The maximum absolute atomic E-state index is 13.9. The van der Waals surface area contributed by atoms with Crippen molar-refractivity contribution in [2.45, 2.75) is 78.0 Å².